The van der Waals surface area contributed by atoms with Crippen molar-refractivity contribution in [2.24, 2.45) is 0 Å². The van der Waals surface area contributed by atoms with Crippen LogP contribution in [0.5, 0.6) is 11.5 Å². The number of carbonyl (C=O) groups excluding carboxylic acids is 1. The first-order chi connectivity index (χ1) is 9.88. The Bertz CT molecular complexity index is 666. The molecule has 0 atom stereocenters. The van der Waals surface area contributed by atoms with Crippen LogP contribution in [0.2, 0.25) is 0 Å². The molecule has 0 heterocycles. The van der Waals surface area contributed by atoms with E-state index in [4.69, 9.17) is 4.74 Å². The number of hydrogen-bond acceptors (Lipinski definition) is 4. The standard InChI is InChI=1S/C15H12BrNO4/c1-9-7-11(4-6-15(9)17(19)20)21-12-3-5-13(10(2)18)14(16)8-12/h3-8H,1-2H3. The fraction of sp³-hybridized carbons (Fsp3) is 0.133. The van der Waals surface area contributed by atoms with Gasteiger partial charge in [-0.15, -0.1) is 0 Å². The molecule has 0 aliphatic rings. The highest BCUT2D eigenvalue weighted by molar-refractivity contribution is 9.10. The number of rotatable bonds is 4. The average Bonchev–Trinajstić information content (AvgIpc) is 2.37. The second kappa shape index (κ2) is 6.05. The molecule has 21 heavy (non-hydrogen) atoms. The molecular weight excluding hydrogens is 338 g/mol. The number of Topliss-reactive ketones (excluding diaryl/α,β-unsaturated/α-hetero) is 1. The van der Waals surface area contributed by atoms with Crippen molar-refractivity contribution in [2.45, 2.75) is 13.8 Å². The third kappa shape index (κ3) is 3.46. The second-order valence-electron chi connectivity index (χ2n) is 4.51. The number of benzene rings is 2. The Morgan fingerprint density at radius 3 is 2.33 bits per heavy atom. The first kappa shape index (κ1) is 15.2. The van der Waals surface area contributed by atoms with E-state index in [0.29, 0.717) is 27.1 Å². The van der Waals surface area contributed by atoms with E-state index in [9.17, 15) is 14.9 Å². The number of nitrogens with zero attached hydrogens (tertiary/aromatic N) is 1. The Morgan fingerprint density at radius 1 is 1.19 bits per heavy atom. The van der Waals surface area contributed by atoms with Gasteiger partial charge in [-0.2, -0.15) is 0 Å². The molecule has 0 spiro atoms. The number of aryl methyl sites for hydroxylation is 1. The molecule has 5 nitrogen and oxygen atoms in total. The maximum Gasteiger partial charge on any atom is 0.272 e. The molecule has 0 fully saturated rings. The number of ketones is 1. The van der Waals surface area contributed by atoms with E-state index in [2.05, 4.69) is 15.9 Å². The number of hydrogen-bond donors (Lipinski definition) is 0. The lowest BCUT2D eigenvalue weighted by atomic mass is 10.1. The molecule has 2 aromatic carbocycles. The van der Waals surface area contributed by atoms with Gasteiger partial charge in [0.1, 0.15) is 11.5 Å². The molecule has 0 aromatic heterocycles. The third-order valence-electron chi connectivity index (χ3n) is 2.92. The van der Waals surface area contributed by atoms with Crippen LogP contribution in [0.15, 0.2) is 40.9 Å². The topological polar surface area (TPSA) is 69.4 Å². The van der Waals surface area contributed by atoms with Gasteiger partial charge in [-0.3, -0.25) is 14.9 Å². The average molecular weight is 350 g/mol. The van der Waals surface area contributed by atoms with E-state index in [0.717, 1.165) is 0 Å². The first-order valence-electron chi connectivity index (χ1n) is 6.12. The Labute approximate surface area is 129 Å². The number of nitro benzene ring substituents is 1. The highest BCUT2D eigenvalue weighted by atomic mass is 79.9. The van der Waals surface area contributed by atoms with Gasteiger partial charge in [-0.1, -0.05) is 0 Å². The zero-order valence-electron chi connectivity index (χ0n) is 11.4. The summed E-state index contributed by atoms with van der Waals surface area (Å²) in [4.78, 5) is 21.7. The van der Waals surface area contributed by atoms with Crippen LogP contribution in [0.1, 0.15) is 22.8 Å². The highest BCUT2D eigenvalue weighted by Gasteiger charge is 2.12. The van der Waals surface area contributed by atoms with Gasteiger partial charge in [0.15, 0.2) is 5.78 Å². The van der Waals surface area contributed by atoms with Crippen LogP contribution in [0.25, 0.3) is 0 Å². The van der Waals surface area contributed by atoms with E-state index in [1.807, 2.05) is 0 Å². The van der Waals surface area contributed by atoms with Crippen LogP contribution >= 0.6 is 15.9 Å². The molecular formula is C15H12BrNO4. The number of halogens is 1. The van der Waals surface area contributed by atoms with Crippen molar-refractivity contribution in [3.8, 4) is 11.5 Å². The maximum absolute atomic E-state index is 11.3. The predicted octanol–water partition coefficient (Wildman–Crippen LogP) is 4.66. The lowest BCUT2D eigenvalue weighted by Crippen LogP contribution is -1.95. The third-order valence-corrected chi connectivity index (χ3v) is 3.58. The molecule has 0 radical (unpaired) electrons. The molecule has 0 N–H and O–H groups in total. The molecule has 108 valence electrons. The van der Waals surface area contributed by atoms with E-state index in [-0.39, 0.29) is 11.5 Å². The van der Waals surface area contributed by atoms with Crippen molar-refractivity contribution in [2.75, 3.05) is 0 Å². The number of nitro groups is 1. The summed E-state index contributed by atoms with van der Waals surface area (Å²) in [5.41, 5.74) is 1.15. The van der Waals surface area contributed by atoms with E-state index in [1.165, 1.54) is 19.1 Å². The van der Waals surface area contributed by atoms with Gasteiger partial charge in [0.2, 0.25) is 0 Å². The van der Waals surface area contributed by atoms with Gasteiger partial charge in [0.25, 0.3) is 5.69 Å². The monoisotopic (exact) mass is 349 g/mol. The van der Waals surface area contributed by atoms with Crippen molar-refractivity contribution in [3.05, 3.63) is 62.1 Å². The molecule has 0 bridgehead atoms. The summed E-state index contributed by atoms with van der Waals surface area (Å²) in [5.74, 6) is 1.00. The van der Waals surface area contributed by atoms with Crippen molar-refractivity contribution in [1.29, 1.82) is 0 Å². The molecule has 6 heteroatoms. The largest absolute Gasteiger partial charge is 0.457 e. The van der Waals surface area contributed by atoms with Crippen molar-refractivity contribution in [3.63, 3.8) is 0 Å². The molecule has 0 amide bonds. The smallest absolute Gasteiger partial charge is 0.272 e. The fourth-order valence-corrected chi connectivity index (χ4v) is 2.51. The lowest BCUT2D eigenvalue weighted by Gasteiger charge is -2.08. The van der Waals surface area contributed by atoms with Crippen LogP contribution in [-0.2, 0) is 0 Å². The minimum atomic E-state index is -0.433. The van der Waals surface area contributed by atoms with Crippen molar-refractivity contribution >= 4 is 27.4 Å². The molecule has 2 rings (SSSR count). The van der Waals surface area contributed by atoms with Crippen LogP contribution in [0, 0.1) is 17.0 Å². The Morgan fingerprint density at radius 2 is 1.81 bits per heavy atom. The minimum absolute atomic E-state index is 0.0420. The fourth-order valence-electron chi connectivity index (χ4n) is 1.88. The molecule has 0 aliphatic heterocycles. The molecule has 0 saturated carbocycles. The van der Waals surface area contributed by atoms with Gasteiger partial charge in [0, 0.05) is 21.7 Å². The summed E-state index contributed by atoms with van der Waals surface area (Å²) < 4.78 is 6.29. The van der Waals surface area contributed by atoms with Crippen LogP contribution < -0.4 is 4.74 Å². The van der Waals surface area contributed by atoms with E-state index < -0.39 is 4.92 Å². The summed E-state index contributed by atoms with van der Waals surface area (Å²) in [6, 6.07) is 9.58. The normalized spacial score (nSPS) is 10.2. The summed E-state index contributed by atoms with van der Waals surface area (Å²) in [5, 5.41) is 10.8. The lowest BCUT2D eigenvalue weighted by molar-refractivity contribution is -0.385. The molecule has 0 saturated heterocycles. The minimum Gasteiger partial charge on any atom is -0.457 e. The second-order valence-corrected chi connectivity index (χ2v) is 5.36. The summed E-state index contributed by atoms with van der Waals surface area (Å²) in [6.45, 7) is 3.14. The zero-order chi connectivity index (χ0) is 15.6. The van der Waals surface area contributed by atoms with Gasteiger partial charge >= 0.3 is 0 Å². The van der Waals surface area contributed by atoms with Crippen LogP contribution in [0.3, 0.4) is 0 Å². The zero-order valence-corrected chi connectivity index (χ0v) is 13.0. The number of carbonyl (C=O) groups is 1. The van der Waals surface area contributed by atoms with Gasteiger partial charge in [-0.25, -0.2) is 0 Å². The SMILES string of the molecule is CC(=O)c1ccc(Oc2ccc([N+](=O)[O-])c(C)c2)cc1Br. The number of ether oxygens (including phenoxy) is 1. The van der Waals surface area contributed by atoms with E-state index >= 15 is 0 Å². The quantitative estimate of drug-likeness (QED) is 0.457. The predicted molar refractivity (Wildman–Crippen MR) is 82.1 cm³/mol. The van der Waals surface area contributed by atoms with Gasteiger partial charge < -0.3 is 4.74 Å². The van der Waals surface area contributed by atoms with E-state index in [1.54, 1.807) is 31.2 Å². The van der Waals surface area contributed by atoms with Gasteiger partial charge in [0.05, 0.1) is 4.92 Å². The Balaban J connectivity index is 2.26. The maximum atomic E-state index is 11.3. The van der Waals surface area contributed by atoms with Crippen molar-refractivity contribution in [1.82, 2.24) is 0 Å². The highest BCUT2D eigenvalue weighted by Crippen LogP contribution is 2.30. The summed E-state index contributed by atoms with van der Waals surface area (Å²) >= 11 is 3.32. The van der Waals surface area contributed by atoms with Crippen LogP contribution in [0.4, 0.5) is 5.69 Å². The molecule has 0 aliphatic carbocycles. The first-order valence-corrected chi connectivity index (χ1v) is 6.91. The van der Waals surface area contributed by atoms with Gasteiger partial charge in [-0.05, 0) is 60.1 Å². The van der Waals surface area contributed by atoms with Crippen molar-refractivity contribution < 1.29 is 14.5 Å². The molecule has 0 unspecified atom stereocenters. The Kier molecular flexibility index (Phi) is 4.37. The Hall–Kier alpha value is -2.21. The molecule has 2 aromatic rings. The summed E-state index contributed by atoms with van der Waals surface area (Å²) in [7, 11) is 0. The van der Waals surface area contributed by atoms with Crippen LogP contribution in [-0.4, -0.2) is 10.7 Å². The summed E-state index contributed by atoms with van der Waals surface area (Å²) in [6.07, 6.45) is 0.